The summed E-state index contributed by atoms with van der Waals surface area (Å²) in [6.07, 6.45) is 1.69. The number of rotatable bonds is 7. The van der Waals surface area contributed by atoms with Gasteiger partial charge in [0.05, 0.1) is 36.6 Å². The number of nitrogens with one attached hydrogen (secondary N) is 1. The molecule has 0 fully saturated rings. The summed E-state index contributed by atoms with van der Waals surface area (Å²) in [6, 6.07) is 7.50. The van der Waals surface area contributed by atoms with Crippen LogP contribution < -0.4 is 10.9 Å². The highest BCUT2D eigenvalue weighted by Gasteiger charge is 2.30. The second-order valence-electron chi connectivity index (χ2n) is 8.05. The van der Waals surface area contributed by atoms with Crippen molar-refractivity contribution < 1.29 is 14.3 Å². The predicted molar refractivity (Wildman–Crippen MR) is 133 cm³/mol. The number of anilines is 1. The zero-order valence-corrected chi connectivity index (χ0v) is 20.7. The van der Waals surface area contributed by atoms with Gasteiger partial charge in [-0.2, -0.15) is 5.10 Å². The van der Waals surface area contributed by atoms with Crippen molar-refractivity contribution in [1.82, 2.24) is 24.3 Å². The zero-order valence-electron chi connectivity index (χ0n) is 19.1. The second kappa shape index (κ2) is 9.62. The minimum absolute atomic E-state index is 0.0557. The Morgan fingerprint density at radius 3 is 2.94 bits per heavy atom. The molecule has 1 atom stereocenters. The van der Waals surface area contributed by atoms with Crippen LogP contribution in [0.15, 0.2) is 45.8 Å². The van der Waals surface area contributed by atoms with Gasteiger partial charge in [0.25, 0.3) is 5.56 Å². The summed E-state index contributed by atoms with van der Waals surface area (Å²) in [7, 11) is 0. The molecule has 4 heterocycles. The van der Waals surface area contributed by atoms with Gasteiger partial charge in [0.2, 0.25) is 5.91 Å². The molecule has 0 saturated carbocycles. The van der Waals surface area contributed by atoms with Crippen molar-refractivity contribution in [2.75, 3.05) is 17.7 Å². The molecule has 5 rings (SSSR count). The molecule has 3 aromatic heterocycles. The number of thioether (sulfide) groups is 1. The van der Waals surface area contributed by atoms with E-state index in [2.05, 4.69) is 15.4 Å². The summed E-state index contributed by atoms with van der Waals surface area (Å²) in [4.78, 5) is 46.6. The number of aryl methyl sites for hydroxylation is 1. The monoisotopic (exact) mass is 510 g/mol. The van der Waals surface area contributed by atoms with E-state index in [-0.39, 0.29) is 36.3 Å². The van der Waals surface area contributed by atoms with Crippen LogP contribution in [0.2, 0.25) is 0 Å². The number of thiazole rings is 1. The summed E-state index contributed by atoms with van der Waals surface area (Å²) in [5, 5.41) is 10.3. The van der Waals surface area contributed by atoms with Gasteiger partial charge in [-0.1, -0.05) is 23.9 Å². The summed E-state index contributed by atoms with van der Waals surface area (Å²) >= 11 is 2.69. The van der Waals surface area contributed by atoms with Gasteiger partial charge in [-0.05, 0) is 31.5 Å². The Kier molecular flexibility index (Phi) is 6.39. The van der Waals surface area contributed by atoms with Crippen molar-refractivity contribution >= 4 is 51.1 Å². The van der Waals surface area contributed by atoms with E-state index in [0.717, 1.165) is 11.3 Å². The highest BCUT2D eigenvalue weighted by atomic mass is 32.2. The normalized spacial score (nSPS) is 14.7. The number of fused-ring (bicyclic) bond motifs is 2. The standard InChI is InChI=1S/C23H22N6O4S2/c1-3-33-19(31)8-14-11-34-22(25-14)26-18(30)9-16-12-35-23-27-20-17(21(32)28(16)23)10-24-29(20)15-6-4-5-13(2)7-15/h4-7,10-11,16H,3,8-9,12H2,1-2H3,(H,25,26,30). The molecule has 1 unspecified atom stereocenters. The molecule has 1 aromatic carbocycles. The lowest BCUT2D eigenvalue weighted by molar-refractivity contribution is -0.142. The van der Waals surface area contributed by atoms with Crippen LogP contribution in [0.5, 0.6) is 0 Å². The number of nitrogens with zero attached hydrogens (tertiary/aromatic N) is 5. The Hall–Kier alpha value is -3.51. The molecule has 0 saturated heterocycles. The second-order valence-corrected chi connectivity index (χ2v) is 9.89. The van der Waals surface area contributed by atoms with Crippen molar-refractivity contribution in [3.8, 4) is 5.69 Å². The van der Waals surface area contributed by atoms with Crippen LogP contribution in [0.1, 0.15) is 30.6 Å². The molecule has 0 bridgehead atoms. The van der Waals surface area contributed by atoms with Crippen molar-refractivity contribution in [2.24, 2.45) is 0 Å². The number of aromatic nitrogens is 5. The van der Waals surface area contributed by atoms with Crippen molar-refractivity contribution in [3.05, 3.63) is 57.5 Å². The van der Waals surface area contributed by atoms with Crippen molar-refractivity contribution in [3.63, 3.8) is 0 Å². The van der Waals surface area contributed by atoms with Gasteiger partial charge in [-0.15, -0.1) is 11.3 Å². The number of carbonyl (C=O) groups is 2. The highest BCUT2D eigenvalue weighted by Crippen LogP contribution is 2.33. The summed E-state index contributed by atoms with van der Waals surface area (Å²) in [5.41, 5.74) is 2.75. The quantitative estimate of drug-likeness (QED) is 0.297. The summed E-state index contributed by atoms with van der Waals surface area (Å²) in [5.74, 6) is -0.0614. The number of benzene rings is 1. The number of carbonyl (C=O) groups excluding carboxylic acids is 2. The fourth-order valence-electron chi connectivity index (χ4n) is 3.92. The Bertz CT molecular complexity index is 1490. The zero-order chi connectivity index (χ0) is 24.5. The molecule has 12 heteroatoms. The molecule has 1 N–H and O–H groups in total. The Morgan fingerprint density at radius 1 is 1.29 bits per heavy atom. The lowest BCUT2D eigenvalue weighted by atomic mass is 10.2. The van der Waals surface area contributed by atoms with Gasteiger partial charge in [0, 0.05) is 17.6 Å². The van der Waals surface area contributed by atoms with Gasteiger partial charge in [-0.3, -0.25) is 19.0 Å². The minimum atomic E-state index is -0.362. The maximum Gasteiger partial charge on any atom is 0.311 e. The number of amides is 1. The third kappa shape index (κ3) is 4.71. The molecule has 180 valence electrons. The van der Waals surface area contributed by atoms with Crippen molar-refractivity contribution in [2.45, 2.75) is 37.9 Å². The number of ether oxygens (including phenoxy) is 1. The third-order valence-corrected chi connectivity index (χ3v) is 7.37. The molecular formula is C23H22N6O4S2. The van der Waals surface area contributed by atoms with Gasteiger partial charge in [0.1, 0.15) is 5.39 Å². The highest BCUT2D eigenvalue weighted by molar-refractivity contribution is 7.99. The van der Waals surface area contributed by atoms with E-state index in [1.807, 2.05) is 31.2 Å². The van der Waals surface area contributed by atoms with E-state index in [0.29, 0.717) is 39.4 Å². The van der Waals surface area contributed by atoms with Gasteiger partial charge >= 0.3 is 5.97 Å². The van der Waals surface area contributed by atoms with Crippen LogP contribution in [0.25, 0.3) is 16.7 Å². The SMILES string of the molecule is CCOC(=O)Cc1csc(NC(=O)CC2CSc3nc4c(cnn4-c4cccc(C)c4)c(=O)n32)n1. The minimum Gasteiger partial charge on any atom is -0.466 e. The summed E-state index contributed by atoms with van der Waals surface area (Å²) in [6.45, 7) is 4.04. The Labute approximate surface area is 208 Å². The maximum absolute atomic E-state index is 13.3. The topological polar surface area (TPSA) is 121 Å². The van der Waals surface area contributed by atoms with Crippen LogP contribution in [-0.4, -0.2) is 48.6 Å². The lowest BCUT2D eigenvalue weighted by Crippen LogP contribution is -2.27. The molecule has 1 aliphatic rings. The molecule has 0 aliphatic carbocycles. The van der Waals surface area contributed by atoms with Crippen LogP contribution in [0.3, 0.4) is 0 Å². The van der Waals surface area contributed by atoms with E-state index in [1.54, 1.807) is 21.6 Å². The number of hydrogen-bond donors (Lipinski definition) is 1. The largest absolute Gasteiger partial charge is 0.466 e. The lowest BCUT2D eigenvalue weighted by Gasteiger charge is -2.13. The molecule has 0 spiro atoms. The predicted octanol–water partition coefficient (Wildman–Crippen LogP) is 3.13. The molecule has 1 amide bonds. The molecule has 10 nitrogen and oxygen atoms in total. The Balaban J connectivity index is 1.33. The van der Waals surface area contributed by atoms with Gasteiger partial charge < -0.3 is 10.1 Å². The van der Waals surface area contributed by atoms with Crippen LogP contribution in [0.4, 0.5) is 5.13 Å². The molecule has 0 radical (unpaired) electrons. The third-order valence-electron chi connectivity index (χ3n) is 5.47. The van der Waals surface area contributed by atoms with E-state index in [4.69, 9.17) is 9.72 Å². The first kappa shape index (κ1) is 23.2. The average molecular weight is 511 g/mol. The molecule has 35 heavy (non-hydrogen) atoms. The van der Waals surface area contributed by atoms with Crippen LogP contribution in [0, 0.1) is 6.92 Å². The summed E-state index contributed by atoms with van der Waals surface area (Å²) < 4.78 is 8.18. The van der Waals surface area contributed by atoms with Crippen molar-refractivity contribution in [1.29, 1.82) is 0 Å². The first-order valence-electron chi connectivity index (χ1n) is 11.0. The molecule has 1 aliphatic heterocycles. The Morgan fingerprint density at radius 2 is 2.14 bits per heavy atom. The average Bonchev–Trinajstić information content (AvgIpc) is 3.53. The van der Waals surface area contributed by atoms with E-state index in [1.165, 1.54) is 29.3 Å². The fourth-order valence-corrected chi connectivity index (χ4v) is 5.78. The van der Waals surface area contributed by atoms with E-state index < -0.39 is 0 Å². The van der Waals surface area contributed by atoms with Gasteiger partial charge in [-0.25, -0.2) is 14.6 Å². The van der Waals surface area contributed by atoms with E-state index >= 15 is 0 Å². The first-order chi connectivity index (χ1) is 16.9. The number of esters is 1. The van der Waals surface area contributed by atoms with Gasteiger partial charge in [0.15, 0.2) is 15.9 Å². The molecular weight excluding hydrogens is 488 g/mol. The van der Waals surface area contributed by atoms with E-state index in [9.17, 15) is 14.4 Å². The maximum atomic E-state index is 13.3. The fraction of sp³-hybridized carbons (Fsp3) is 0.304. The number of hydrogen-bond acceptors (Lipinski definition) is 9. The smallest absolute Gasteiger partial charge is 0.311 e. The van der Waals surface area contributed by atoms with Crippen LogP contribution >= 0.6 is 23.1 Å². The first-order valence-corrected chi connectivity index (χ1v) is 12.9. The molecule has 4 aromatic rings. The van der Waals surface area contributed by atoms with Crippen LogP contribution in [-0.2, 0) is 20.7 Å².